The first kappa shape index (κ1) is 14.0. The fourth-order valence-corrected chi connectivity index (χ4v) is 2.09. The van der Waals surface area contributed by atoms with Gasteiger partial charge in [-0.15, -0.1) is 0 Å². The van der Waals surface area contributed by atoms with Gasteiger partial charge in [-0.25, -0.2) is 14.2 Å². The molecule has 1 aromatic carbocycles. The van der Waals surface area contributed by atoms with Crippen molar-refractivity contribution >= 4 is 11.8 Å². The highest BCUT2D eigenvalue weighted by Crippen LogP contribution is 2.25. The molecule has 0 aliphatic carbocycles. The average Bonchev–Trinajstić information content (AvgIpc) is 2.67. The van der Waals surface area contributed by atoms with E-state index in [2.05, 4.69) is 4.98 Å². The predicted octanol–water partition coefficient (Wildman–Crippen LogP) is 2.39. The molecule has 1 aromatic heterocycles. The molecule has 2 N–H and O–H groups in total. The zero-order chi connectivity index (χ0) is 14.9. The largest absolute Gasteiger partial charge is 0.461 e. The Balaban J connectivity index is 2.62. The molecule has 1 heterocycles. The van der Waals surface area contributed by atoms with Crippen LogP contribution in [0.25, 0.3) is 5.69 Å². The van der Waals surface area contributed by atoms with Crippen molar-refractivity contribution < 1.29 is 13.9 Å². The van der Waals surface area contributed by atoms with Crippen molar-refractivity contribution in [1.29, 1.82) is 0 Å². The molecule has 0 aliphatic heterocycles. The van der Waals surface area contributed by atoms with Crippen molar-refractivity contribution in [3.63, 3.8) is 0 Å². The summed E-state index contributed by atoms with van der Waals surface area (Å²) in [5.41, 5.74) is 6.94. The van der Waals surface area contributed by atoms with Gasteiger partial charge in [-0.1, -0.05) is 12.1 Å². The maximum absolute atomic E-state index is 14.0. The van der Waals surface area contributed by atoms with Crippen LogP contribution in [0.15, 0.2) is 18.2 Å². The number of hydrogen-bond acceptors (Lipinski definition) is 4. The van der Waals surface area contributed by atoms with Crippen LogP contribution in [0.1, 0.15) is 28.8 Å². The topological polar surface area (TPSA) is 70.1 Å². The number of nitrogens with two attached hydrogens (primary N) is 1. The van der Waals surface area contributed by atoms with Crippen molar-refractivity contribution in [2.24, 2.45) is 0 Å². The van der Waals surface area contributed by atoms with Gasteiger partial charge in [0, 0.05) is 0 Å². The maximum atomic E-state index is 14.0. The number of nitrogens with zero attached hydrogens (tertiary/aromatic N) is 2. The van der Waals surface area contributed by atoms with Gasteiger partial charge in [0.15, 0.2) is 5.69 Å². The second-order valence-corrected chi connectivity index (χ2v) is 4.35. The molecular weight excluding hydrogens is 261 g/mol. The molecule has 0 radical (unpaired) electrons. The molecule has 0 aliphatic rings. The van der Waals surface area contributed by atoms with Crippen LogP contribution in [0.5, 0.6) is 0 Å². The molecule has 0 amide bonds. The molecule has 2 aromatic rings. The number of carbonyl (C=O) groups excluding carboxylic acids is 1. The minimum Gasteiger partial charge on any atom is -0.461 e. The quantitative estimate of drug-likeness (QED) is 0.874. The Morgan fingerprint density at radius 1 is 1.45 bits per heavy atom. The number of rotatable bonds is 3. The lowest BCUT2D eigenvalue weighted by Gasteiger charge is -2.11. The van der Waals surface area contributed by atoms with Crippen LogP contribution >= 0.6 is 0 Å². The van der Waals surface area contributed by atoms with Gasteiger partial charge in [-0.2, -0.15) is 0 Å². The van der Waals surface area contributed by atoms with Gasteiger partial charge in [-0.05, 0) is 32.4 Å². The lowest BCUT2D eigenvalue weighted by Crippen LogP contribution is -2.10. The molecule has 0 atom stereocenters. The molecule has 20 heavy (non-hydrogen) atoms. The van der Waals surface area contributed by atoms with Crippen LogP contribution in [-0.4, -0.2) is 22.1 Å². The highest BCUT2D eigenvalue weighted by molar-refractivity contribution is 5.92. The maximum Gasteiger partial charge on any atom is 0.360 e. The Bertz CT molecular complexity index is 644. The summed E-state index contributed by atoms with van der Waals surface area (Å²) in [6, 6.07) is 4.72. The second kappa shape index (κ2) is 5.32. The minimum atomic E-state index is -0.610. The van der Waals surface area contributed by atoms with Gasteiger partial charge in [0.2, 0.25) is 0 Å². The van der Waals surface area contributed by atoms with Crippen molar-refractivity contribution in [2.45, 2.75) is 20.8 Å². The van der Waals surface area contributed by atoms with E-state index in [1.54, 1.807) is 32.9 Å². The van der Waals surface area contributed by atoms with E-state index in [1.807, 2.05) is 0 Å². The van der Waals surface area contributed by atoms with Crippen LogP contribution in [0.3, 0.4) is 0 Å². The van der Waals surface area contributed by atoms with E-state index in [1.165, 1.54) is 10.6 Å². The summed E-state index contributed by atoms with van der Waals surface area (Å²) in [5.74, 6) is -0.527. The van der Waals surface area contributed by atoms with Crippen molar-refractivity contribution in [2.75, 3.05) is 12.3 Å². The molecule has 106 valence electrons. The Hall–Kier alpha value is -2.37. The number of imidazole rings is 1. The SMILES string of the molecule is CCOC(=O)c1nc(C)n(-c2c(C)cccc2F)c1N. The Morgan fingerprint density at radius 3 is 2.75 bits per heavy atom. The number of hydrogen-bond donors (Lipinski definition) is 1. The second-order valence-electron chi connectivity index (χ2n) is 4.35. The molecule has 0 saturated heterocycles. The number of para-hydroxylation sites is 1. The zero-order valence-electron chi connectivity index (χ0n) is 11.6. The first-order valence-electron chi connectivity index (χ1n) is 6.24. The molecule has 2 rings (SSSR count). The number of anilines is 1. The number of carbonyl (C=O) groups is 1. The van der Waals surface area contributed by atoms with E-state index >= 15 is 0 Å². The van der Waals surface area contributed by atoms with Crippen LogP contribution in [0.4, 0.5) is 10.2 Å². The number of benzene rings is 1. The van der Waals surface area contributed by atoms with Gasteiger partial charge in [0.25, 0.3) is 0 Å². The van der Waals surface area contributed by atoms with E-state index in [9.17, 15) is 9.18 Å². The predicted molar refractivity (Wildman–Crippen MR) is 73.4 cm³/mol. The summed E-state index contributed by atoms with van der Waals surface area (Å²) in [4.78, 5) is 15.8. The third-order valence-corrected chi connectivity index (χ3v) is 2.96. The highest BCUT2D eigenvalue weighted by atomic mass is 19.1. The van der Waals surface area contributed by atoms with E-state index in [0.29, 0.717) is 17.1 Å². The minimum absolute atomic E-state index is 0.00648. The first-order chi connectivity index (χ1) is 9.47. The highest BCUT2D eigenvalue weighted by Gasteiger charge is 2.22. The number of ether oxygens (including phenoxy) is 1. The van der Waals surface area contributed by atoms with Crippen LogP contribution in [-0.2, 0) is 4.74 Å². The molecule has 5 nitrogen and oxygen atoms in total. The lowest BCUT2D eigenvalue weighted by atomic mass is 10.2. The fraction of sp³-hybridized carbons (Fsp3) is 0.286. The third kappa shape index (κ3) is 2.24. The molecule has 0 fully saturated rings. The first-order valence-corrected chi connectivity index (χ1v) is 6.24. The van der Waals surface area contributed by atoms with Crippen LogP contribution in [0, 0.1) is 19.7 Å². The van der Waals surface area contributed by atoms with E-state index in [-0.39, 0.29) is 18.1 Å². The molecule has 0 spiro atoms. The van der Waals surface area contributed by atoms with E-state index < -0.39 is 11.8 Å². The molecule has 0 bridgehead atoms. The fourth-order valence-electron chi connectivity index (χ4n) is 2.09. The number of esters is 1. The standard InChI is InChI=1S/C14H16FN3O2/c1-4-20-14(19)11-13(16)18(9(3)17-11)12-8(2)6-5-7-10(12)15/h5-7H,4,16H2,1-3H3. The van der Waals surface area contributed by atoms with Gasteiger partial charge in [-0.3, -0.25) is 4.57 Å². The van der Waals surface area contributed by atoms with E-state index in [4.69, 9.17) is 10.5 Å². The number of aromatic nitrogens is 2. The Kier molecular flexibility index (Phi) is 3.74. The van der Waals surface area contributed by atoms with E-state index in [0.717, 1.165) is 0 Å². The van der Waals surface area contributed by atoms with Crippen molar-refractivity contribution in [3.8, 4) is 5.69 Å². The van der Waals surface area contributed by atoms with Gasteiger partial charge >= 0.3 is 5.97 Å². The molecule has 0 saturated carbocycles. The third-order valence-electron chi connectivity index (χ3n) is 2.96. The summed E-state index contributed by atoms with van der Waals surface area (Å²) in [6.45, 7) is 5.34. The van der Waals surface area contributed by atoms with Crippen LogP contribution in [0.2, 0.25) is 0 Å². The monoisotopic (exact) mass is 277 g/mol. The summed E-state index contributed by atoms with van der Waals surface area (Å²) in [6.07, 6.45) is 0. The Labute approximate surface area is 116 Å². The number of halogens is 1. The number of aryl methyl sites for hydroxylation is 2. The zero-order valence-corrected chi connectivity index (χ0v) is 11.6. The van der Waals surface area contributed by atoms with Gasteiger partial charge in [0.1, 0.15) is 17.5 Å². The van der Waals surface area contributed by atoms with Gasteiger partial charge < -0.3 is 10.5 Å². The lowest BCUT2D eigenvalue weighted by molar-refractivity contribution is 0.0521. The summed E-state index contributed by atoms with van der Waals surface area (Å²) >= 11 is 0. The van der Waals surface area contributed by atoms with Crippen molar-refractivity contribution in [1.82, 2.24) is 9.55 Å². The molecule has 0 unspecified atom stereocenters. The van der Waals surface area contributed by atoms with Crippen molar-refractivity contribution in [3.05, 3.63) is 41.1 Å². The average molecular weight is 277 g/mol. The smallest absolute Gasteiger partial charge is 0.360 e. The number of nitrogen functional groups attached to an aromatic ring is 1. The van der Waals surface area contributed by atoms with Crippen LogP contribution < -0.4 is 5.73 Å². The normalized spacial score (nSPS) is 10.6. The van der Waals surface area contributed by atoms with Gasteiger partial charge in [0.05, 0.1) is 12.3 Å². The Morgan fingerprint density at radius 2 is 2.15 bits per heavy atom. The molecular formula is C14H16FN3O2. The molecule has 6 heteroatoms. The summed E-state index contributed by atoms with van der Waals surface area (Å²) < 4.78 is 20.3. The summed E-state index contributed by atoms with van der Waals surface area (Å²) in [5, 5.41) is 0. The summed E-state index contributed by atoms with van der Waals surface area (Å²) in [7, 11) is 0.